The smallest absolute Gasteiger partial charge is 0.354 e. The van der Waals surface area contributed by atoms with Gasteiger partial charge in [-0.3, -0.25) is 4.90 Å². The van der Waals surface area contributed by atoms with E-state index in [9.17, 15) is 13.2 Å². The fourth-order valence-corrected chi connectivity index (χ4v) is 4.36. The maximum atomic E-state index is 12.7. The van der Waals surface area contributed by atoms with Crippen LogP contribution in [0, 0.1) is 0 Å². The van der Waals surface area contributed by atoms with Crippen molar-refractivity contribution in [2.45, 2.75) is 19.1 Å². The largest absolute Gasteiger partial charge is 0.417 e. The highest BCUT2D eigenvalue weighted by Gasteiger charge is 2.31. The Morgan fingerprint density at radius 1 is 1.04 bits per heavy atom. The zero-order chi connectivity index (χ0) is 19.0. The molecule has 3 aromatic rings. The molecule has 1 aliphatic heterocycles. The van der Waals surface area contributed by atoms with E-state index in [2.05, 4.69) is 22.9 Å². The zero-order valence-electron chi connectivity index (χ0n) is 14.8. The summed E-state index contributed by atoms with van der Waals surface area (Å²) >= 11 is 1.71. The minimum Gasteiger partial charge on any atom is -0.354 e. The first-order valence-electron chi connectivity index (χ1n) is 8.79. The molecule has 27 heavy (non-hydrogen) atoms. The first-order chi connectivity index (χ1) is 12.9. The van der Waals surface area contributed by atoms with Gasteiger partial charge in [-0.05, 0) is 31.2 Å². The molecule has 4 rings (SSSR count). The molecule has 142 valence electrons. The molecule has 4 nitrogen and oxygen atoms in total. The van der Waals surface area contributed by atoms with E-state index in [1.165, 1.54) is 10.8 Å². The normalized spacial score (nSPS) is 17.4. The summed E-state index contributed by atoms with van der Waals surface area (Å²) in [6, 6.07) is 10.9. The van der Waals surface area contributed by atoms with Crippen LogP contribution in [0.5, 0.6) is 0 Å². The van der Waals surface area contributed by atoms with Gasteiger partial charge >= 0.3 is 6.18 Å². The monoisotopic (exact) mass is 392 g/mol. The number of alkyl halides is 3. The molecular formula is C19H19F3N4S. The van der Waals surface area contributed by atoms with E-state index >= 15 is 0 Å². The predicted octanol–water partition coefficient (Wildman–Crippen LogP) is 4.59. The maximum absolute atomic E-state index is 12.7. The van der Waals surface area contributed by atoms with E-state index in [0.717, 1.165) is 49.0 Å². The van der Waals surface area contributed by atoms with Gasteiger partial charge in [-0.15, -0.1) is 11.3 Å². The number of hydrogen-bond acceptors (Lipinski definition) is 5. The summed E-state index contributed by atoms with van der Waals surface area (Å²) < 4.78 is 39.2. The topological polar surface area (TPSA) is 32.3 Å². The van der Waals surface area contributed by atoms with Crippen LogP contribution in [0.1, 0.15) is 23.5 Å². The molecule has 1 fully saturated rings. The number of hydrogen-bond donors (Lipinski definition) is 0. The minimum absolute atomic E-state index is 0.213. The number of thiazole rings is 1. The lowest BCUT2D eigenvalue weighted by Gasteiger charge is -2.38. The highest BCUT2D eigenvalue weighted by atomic mass is 32.1. The summed E-state index contributed by atoms with van der Waals surface area (Å²) in [4.78, 5) is 13.1. The van der Waals surface area contributed by atoms with Gasteiger partial charge in [-0.1, -0.05) is 12.1 Å². The molecule has 0 spiro atoms. The molecule has 1 atom stereocenters. The average Bonchev–Trinajstić information content (AvgIpc) is 3.11. The molecule has 2 aromatic heterocycles. The quantitative estimate of drug-likeness (QED) is 0.652. The molecule has 1 saturated heterocycles. The summed E-state index contributed by atoms with van der Waals surface area (Å²) in [5.74, 6) is 0.593. The molecule has 0 amide bonds. The molecule has 3 heterocycles. The van der Waals surface area contributed by atoms with E-state index in [0.29, 0.717) is 5.82 Å². The average molecular weight is 392 g/mol. The lowest BCUT2D eigenvalue weighted by Crippen LogP contribution is -2.47. The van der Waals surface area contributed by atoms with Gasteiger partial charge in [-0.25, -0.2) is 9.97 Å². The molecule has 0 unspecified atom stereocenters. The molecule has 0 N–H and O–H groups in total. The Bertz CT molecular complexity index is 882. The summed E-state index contributed by atoms with van der Waals surface area (Å²) in [5, 5.41) is 1.09. The molecule has 0 bridgehead atoms. The van der Waals surface area contributed by atoms with Crippen LogP contribution in [-0.2, 0) is 6.18 Å². The van der Waals surface area contributed by atoms with E-state index in [1.54, 1.807) is 11.3 Å². The van der Waals surface area contributed by atoms with Crippen molar-refractivity contribution in [2.24, 2.45) is 0 Å². The van der Waals surface area contributed by atoms with Gasteiger partial charge in [0.25, 0.3) is 0 Å². The fraction of sp³-hybridized carbons (Fsp3) is 0.368. The van der Waals surface area contributed by atoms with Gasteiger partial charge in [0, 0.05) is 32.4 Å². The summed E-state index contributed by atoms with van der Waals surface area (Å²) in [7, 11) is 0. The van der Waals surface area contributed by atoms with Crippen molar-refractivity contribution in [1.29, 1.82) is 0 Å². The third-order valence-electron chi connectivity index (χ3n) is 4.93. The number of benzene rings is 1. The Labute approximate surface area is 159 Å². The van der Waals surface area contributed by atoms with Gasteiger partial charge in [0.1, 0.15) is 10.8 Å². The number of aromatic nitrogens is 2. The number of rotatable bonds is 3. The second kappa shape index (κ2) is 7.09. The lowest BCUT2D eigenvalue weighted by molar-refractivity contribution is -0.137. The highest BCUT2D eigenvalue weighted by Crippen LogP contribution is 2.31. The van der Waals surface area contributed by atoms with Crippen molar-refractivity contribution in [3.8, 4) is 0 Å². The van der Waals surface area contributed by atoms with Crippen LogP contribution in [0.15, 0.2) is 42.6 Å². The zero-order valence-corrected chi connectivity index (χ0v) is 15.6. The molecule has 0 radical (unpaired) electrons. The third-order valence-corrected chi connectivity index (χ3v) is 6.14. The number of anilines is 1. The molecule has 0 aliphatic carbocycles. The Balaban J connectivity index is 1.41. The van der Waals surface area contributed by atoms with E-state index in [-0.39, 0.29) is 6.04 Å². The van der Waals surface area contributed by atoms with Gasteiger partial charge in [0.05, 0.1) is 21.8 Å². The molecular weight excluding hydrogens is 373 g/mol. The van der Waals surface area contributed by atoms with Crippen LogP contribution in [0.25, 0.3) is 10.2 Å². The van der Waals surface area contributed by atoms with Crippen molar-refractivity contribution >= 4 is 27.4 Å². The Kier molecular flexibility index (Phi) is 4.77. The highest BCUT2D eigenvalue weighted by molar-refractivity contribution is 7.18. The molecule has 1 aromatic carbocycles. The maximum Gasteiger partial charge on any atom is 0.417 e. The van der Waals surface area contributed by atoms with Crippen LogP contribution >= 0.6 is 11.3 Å². The van der Waals surface area contributed by atoms with Crippen LogP contribution < -0.4 is 4.90 Å². The van der Waals surface area contributed by atoms with Gasteiger partial charge in [0.15, 0.2) is 0 Å². The van der Waals surface area contributed by atoms with Crippen molar-refractivity contribution in [1.82, 2.24) is 14.9 Å². The number of piperazine rings is 1. The number of halogens is 3. The van der Waals surface area contributed by atoms with Crippen molar-refractivity contribution in [2.75, 3.05) is 31.1 Å². The predicted molar refractivity (Wildman–Crippen MR) is 101 cm³/mol. The molecule has 0 saturated carbocycles. The van der Waals surface area contributed by atoms with Crippen LogP contribution in [0.2, 0.25) is 0 Å². The fourth-order valence-electron chi connectivity index (χ4n) is 3.30. The van der Waals surface area contributed by atoms with Crippen molar-refractivity contribution < 1.29 is 13.2 Å². The van der Waals surface area contributed by atoms with Crippen LogP contribution in [0.4, 0.5) is 19.0 Å². The summed E-state index contributed by atoms with van der Waals surface area (Å²) in [5.41, 5.74) is 0.311. The number of pyridine rings is 1. The van der Waals surface area contributed by atoms with Crippen LogP contribution in [0.3, 0.4) is 0 Å². The number of fused-ring (bicyclic) bond motifs is 1. The first kappa shape index (κ1) is 18.2. The second-order valence-electron chi connectivity index (χ2n) is 6.62. The van der Waals surface area contributed by atoms with Crippen molar-refractivity contribution in [3.05, 3.63) is 53.2 Å². The Morgan fingerprint density at radius 2 is 1.78 bits per heavy atom. The molecule has 1 aliphatic rings. The van der Waals surface area contributed by atoms with E-state index in [4.69, 9.17) is 4.98 Å². The van der Waals surface area contributed by atoms with Gasteiger partial charge in [0.2, 0.25) is 0 Å². The first-order valence-corrected chi connectivity index (χ1v) is 9.61. The van der Waals surface area contributed by atoms with Gasteiger partial charge in [-0.2, -0.15) is 13.2 Å². The molecule has 8 heteroatoms. The number of nitrogens with zero attached hydrogens (tertiary/aromatic N) is 4. The number of para-hydroxylation sites is 1. The Morgan fingerprint density at radius 3 is 2.41 bits per heavy atom. The second-order valence-corrected chi connectivity index (χ2v) is 7.68. The van der Waals surface area contributed by atoms with E-state index < -0.39 is 11.7 Å². The lowest BCUT2D eigenvalue weighted by atomic mass is 10.2. The standard InChI is InChI=1S/C19H19F3N4S/c1-13(18-24-15-4-2-3-5-16(15)27-18)25-8-10-26(11-9-25)17-7-6-14(12-23-17)19(20,21)22/h2-7,12-13H,8-11H2,1H3/t13-/m0/s1. The Hall–Kier alpha value is -2.19. The third kappa shape index (κ3) is 3.77. The van der Waals surface area contributed by atoms with Crippen molar-refractivity contribution in [3.63, 3.8) is 0 Å². The van der Waals surface area contributed by atoms with E-state index in [1.807, 2.05) is 23.1 Å². The minimum atomic E-state index is -4.35. The summed E-state index contributed by atoms with van der Waals surface area (Å²) in [6.45, 7) is 5.25. The SMILES string of the molecule is C[C@@H](c1nc2ccccc2s1)N1CCN(c2ccc(C(F)(F)F)cn2)CC1. The van der Waals surface area contributed by atoms with Gasteiger partial charge < -0.3 is 4.90 Å². The summed E-state index contributed by atoms with van der Waals surface area (Å²) in [6.07, 6.45) is -3.44. The van der Waals surface area contributed by atoms with Crippen LogP contribution in [-0.4, -0.2) is 41.0 Å².